The third-order valence-corrected chi connectivity index (χ3v) is 4.63. The van der Waals surface area contributed by atoms with Gasteiger partial charge in [-0.15, -0.1) is 0 Å². The van der Waals surface area contributed by atoms with Gasteiger partial charge in [0.15, 0.2) is 11.5 Å². The normalized spacial score (nSPS) is 19.3. The number of fused-ring (bicyclic) bond motifs is 1. The molecule has 0 atom stereocenters. The Hall–Kier alpha value is -2.24. The Morgan fingerprint density at radius 3 is 2.58 bits per heavy atom. The molecule has 2 aliphatic rings. The molecule has 0 saturated carbocycles. The maximum atomic E-state index is 12.9. The quantitative estimate of drug-likeness (QED) is 0.899. The van der Waals surface area contributed by atoms with Crippen molar-refractivity contribution < 1.29 is 19.1 Å². The molecule has 6 nitrogen and oxygen atoms in total. The summed E-state index contributed by atoms with van der Waals surface area (Å²) in [6.45, 7) is 5.93. The minimum absolute atomic E-state index is 0.0313. The van der Waals surface area contributed by atoms with Crippen LogP contribution in [0.25, 0.3) is 0 Å². The van der Waals surface area contributed by atoms with Crippen molar-refractivity contribution in [1.29, 1.82) is 0 Å². The zero-order valence-electron chi connectivity index (χ0n) is 14.3. The first kappa shape index (κ1) is 16.6. The number of para-hydroxylation sites is 1. The summed E-state index contributed by atoms with van der Waals surface area (Å²) in [5, 5.41) is 2.99. The summed E-state index contributed by atoms with van der Waals surface area (Å²) in [5.41, 5.74) is 0.313. The molecule has 130 valence electrons. The smallest absolute Gasteiger partial charge is 0.257 e. The van der Waals surface area contributed by atoms with Gasteiger partial charge in [0.05, 0.1) is 18.8 Å². The van der Waals surface area contributed by atoms with Crippen molar-refractivity contribution in [2.24, 2.45) is 0 Å². The third-order valence-electron chi connectivity index (χ3n) is 4.63. The molecule has 1 saturated heterocycles. The lowest BCUT2D eigenvalue weighted by atomic mass is 9.89. The molecule has 1 N–H and O–H groups in total. The van der Waals surface area contributed by atoms with Gasteiger partial charge in [0.25, 0.3) is 5.91 Å². The van der Waals surface area contributed by atoms with Crippen molar-refractivity contribution in [2.75, 3.05) is 26.3 Å². The fraction of sp³-hybridized carbons (Fsp3) is 0.556. The maximum absolute atomic E-state index is 12.9. The molecule has 2 heterocycles. The van der Waals surface area contributed by atoms with Crippen molar-refractivity contribution in [3.8, 4) is 11.5 Å². The number of amides is 2. The number of benzene rings is 1. The van der Waals surface area contributed by atoms with Crippen LogP contribution >= 0.6 is 0 Å². The first-order valence-corrected chi connectivity index (χ1v) is 8.45. The van der Waals surface area contributed by atoms with E-state index in [0.29, 0.717) is 43.4 Å². The van der Waals surface area contributed by atoms with Crippen LogP contribution in [0.4, 0.5) is 0 Å². The zero-order chi connectivity index (χ0) is 17.2. The fourth-order valence-corrected chi connectivity index (χ4v) is 3.29. The lowest BCUT2D eigenvalue weighted by molar-refractivity contribution is -0.121. The lowest BCUT2D eigenvalue weighted by Gasteiger charge is -2.39. The van der Waals surface area contributed by atoms with Gasteiger partial charge in [0, 0.05) is 32.0 Å². The molecule has 24 heavy (non-hydrogen) atoms. The van der Waals surface area contributed by atoms with Crippen LogP contribution < -0.4 is 14.8 Å². The molecule has 1 aromatic rings. The molecule has 0 aromatic heterocycles. The SMILES string of the molecule is CC(=O)NC1(C)CCN(C(=O)c2cccc3c2OCCCO3)CC1. The monoisotopic (exact) mass is 332 g/mol. The summed E-state index contributed by atoms with van der Waals surface area (Å²) in [7, 11) is 0. The standard InChI is InChI=1S/C18H24N2O4/c1-13(21)19-18(2)7-9-20(10-8-18)17(22)14-5-3-6-15-16(14)24-12-4-11-23-15/h3,5-6H,4,7-12H2,1-2H3,(H,19,21). The Labute approximate surface area is 142 Å². The first-order valence-electron chi connectivity index (χ1n) is 8.45. The summed E-state index contributed by atoms with van der Waals surface area (Å²) < 4.78 is 11.4. The van der Waals surface area contributed by atoms with E-state index >= 15 is 0 Å². The van der Waals surface area contributed by atoms with Gasteiger partial charge < -0.3 is 19.7 Å². The number of hydrogen-bond donors (Lipinski definition) is 1. The van der Waals surface area contributed by atoms with E-state index in [1.165, 1.54) is 6.92 Å². The maximum Gasteiger partial charge on any atom is 0.257 e. The Morgan fingerprint density at radius 2 is 1.88 bits per heavy atom. The first-order chi connectivity index (χ1) is 11.5. The van der Waals surface area contributed by atoms with Crippen molar-refractivity contribution in [3.63, 3.8) is 0 Å². The van der Waals surface area contributed by atoms with E-state index in [1.807, 2.05) is 24.0 Å². The van der Waals surface area contributed by atoms with E-state index < -0.39 is 0 Å². The molecule has 0 spiro atoms. The number of carbonyl (C=O) groups excluding carboxylic acids is 2. The highest BCUT2D eigenvalue weighted by Crippen LogP contribution is 2.34. The van der Waals surface area contributed by atoms with Gasteiger partial charge in [-0.2, -0.15) is 0 Å². The van der Waals surface area contributed by atoms with Crippen molar-refractivity contribution in [1.82, 2.24) is 10.2 Å². The number of likely N-dealkylation sites (tertiary alicyclic amines) is 1. The lowest BCUT2D eigenvalue weighted by Crippen LogP contribution is -2.53. The Bertz CT molecular complexity index is 636. The molecular formula is C18H24N2O4. The van der Waals surface area contributed by atoms with Crippen LogP contribution in [0.15, 0.2) is 18.2 Å². The highest BCUT2D eigenvalue weighted by atomic mass is 16.5. The average Bonchev–Trinajstić information content (AvgIpc) is 2.79. The Kier molecular flexibility index (Phi) is 4.64. The van der Waals surface area contributed by atoms with Gasteiger partial charge in [-0.25, -0.2) is 0 Å². The van der Waals surface area contributed by atoms with Crippen LogP contribution in [0.5, 0.6) is 11.5 Å². The van der Waals surface area contributed by atoms with E-state index in [1.54, 1.807) is 6.07 Å². The second-order valence-corrected chi connectivity index (χ2v) is 6.72. The van der Waals surface area contributed by atoms with Crippen LogP contribution in [0, 0.1) is 0 Å². The largest absolute Gasteiger partial charge is 0.490 e. The molecule has 0 radical (unpaired) electrons. The van der Waals surface area contributed by atoms with Crippen LogP contribution in [-0.4, -0.2) is 48.6 Å². The summed E-state index contributed by atoms with van der Waals surface area (Å²) in [6, 6.07) is 5.45. The van der Waals surface area contributed by atoms with Gasteiger partial charge >= 0.3 is 0 Å². The Morgan fingerprint density at radius 1 is 1.17 bits per heavy atom. The summed E-state index contributed by atoms with van der Waals surface area (Å²) in [5.74, 6) is 1.12. The number of hydrogen-bond acceptors (Lipinski definition) is 4. The zero-order valence-corrected chi connectivity index (χ0v) is 14.3. The number of nitrogens with zero attached hydrogens (tertiary/aromatic N) is 1. The number of carbonyl (C=O) groups is 2. The second-order valence-electron chi connectivity index (χ2n) is 6.72. The molecule has 1 fully saturated rings. The molecule has 0 bridgehead atoms. The third kappa shape index (κ3) is 3.47. The fourth-order valence-electron chi connectivity index (χ4n) is 3.29. The van der Waals surface area contributed by atoms with Gasteiger partial charge in [-0.05, 0) is 31.9 Å². The summed E-state index contributed by atoms with van der Waals surface area (Å²) >= 11 is 0. The van der Waals surface area contributed by atoms with Gasteiger partial charge in [0.1, 0.15) is 0 Å². The second kappa shape index (κ2) is 6.71. The number of nitrogens with one attached hydrogen (secondary N) is 1. The molecule has 0 aliphatic carbocycles. The molecule has 3 rings (SSSR count). The molecule has 1 aromatic carbocycles. The highest BCUT2D eigenvalue weighted by Gasteiger charge is 2.33. The average molecular weight is 332 g/mol. The molecule has 2 amide bonds. The predicted molar refractivity (Wildman–Crippen MR) is 89.4 cm³/mol. The van der Waals surface area contributed by atoms with Crippen molar-refractivity contribution in [3.05, 3.63) is 23.8 Å². The summed E-state index contributed by atoms with van der Waals surface area (Å²) in [4.78, 5) is 26.1. The van der Waals surface area contributed by atoms with E-state index in [2.05, 4.69) is 5.32 Å². The van der Waals surface area contributed by atoms with Crippen molar-refractivity contribution >= 4 is 11.8 Å². The van der Waals surface area contributed by atoms with Crippen LogP contribution in [0.2, 0.25) is 0 Å². The minimum atomic E-state index is -0.240. The highest BCUT2D eigenvalue weighted by molar-refractivity contribution is 5.98. The van der Waals surface area contributed by atoms with Gasteiger partial charge in [0.2, 0.25) is 5.91 Å². The number of ether oxygens (including phenoxy) is 2. The minimum Gasteiger partial charge on any atom is -0.490 e. The van der Waals surface area contributed by atoms with E-state index in [9.17, 15) is 9.59 Å². The van der Waals surface area contributed by atoms with Crippen LogP contribution in [-0.2, 0) is 4.79 Å². The van der Waals surface area contributed by atoms with E-state index in [0.717, 1.165) is 19.3 Å². The van der Waals surface area contributed by atoms with Gasteiger partial charge in [-0.3, -0.25) is 9.59 Å². The molecule has 6 heteroatoms. The number of piperidine rings is 1. The van der Waals surface area contributed by atoms with Crippen molar-refractivity contribution in [2.45, 2.75) is 38.6 Å². The van der Waals surface area contributed by atoms with E-state index in [4.69, 9.17) is 9.47 Å². The molecule has 0 unspecified atom stereocenters. The van der Waals surface area contributed by atoms with Crippen LogP contribution in [0.3, 0.4) is 0 Å². The topological polar surface area (TPSA) is 67.9 Å². The number of rotatable bonds is 2. The molecule has 2 aliphatic heterocycles. The van der Waals surface area contributed by atoms with Crippen LogP contribution in [0.1, 0.15) is 43.5 Å². The summed E-state index contributed by atoms with van der Waals surface area (Å²) in [6.07, 6.45) is 2.29. The Balaban J connectivity index is 1.73. The predicted octanol–water partition coefficient (Wildman–Crippen LogP) is 1.98. The van der Waals surface area contributed by atoms with E-state index in [-0.39, 0.29) is 17.4 Å². The van der Waals surface area contributed by atoms with Gasteiger partial charge in [-0.1, -0.05) is 6.07 Å². The molecular weight excluding hydrogens is 308 g/mol.